The first kappa shape index (κ1) is 14.9. The normalized spacial score (nSPS) is 21.4. The predicted molar refractivity (Wildman–Crippen MR) is 71.2 cm³/mol. The fourth-order valence-electron chi connectivity index (χ4n) is 2.41. The molecule has 1 saturated carbocycles. The van der Waals surface area contributed by atoms with Gasteiger partial charge in [0.15, 0.2) is 0 Å². The maximum atomic E-state index is 9.81. The highest BCUT2D eigenvalue weighted by molar-refractivity contribution is 4.68. The van der Waals surface area contributed by atoms with Crippen LogP contribution in [-0.2, 0) is 4.74 Å². The molecule has 0 spiro atoms. The summed E-state index contributed by atoms with van der Waals surface area (Å²) in [4.78, 5) is 0. The second kappa shape index (κ2) is 8.90. The molecular weight excluding hydrogens is 214 g/mol. The van der Waals surface area contributed by atoms with Crippen molar-refractivity contribution in [2.24, 2.45) is 0 Å². The second-order valence-corrected chi connectivity index (χ2v) is 5.35. The Morgan fingerprint density at radius 3 is 2.65 bits per heavy atom. The van der Waals surface area contributed by atoms with E-state index in [0.29, 0.717) is 25.3 Å². The zero-order valence-electron chi connectivity index (χ0n) is 11.5. The lowest BCUT2D eigenvalue weighted by Gasteiger charge is -2.24. The molecule has 0 aliphatic heterocycles. The van der Waals surface area contributed by atoms with Crippen LogP contribution in [0.1, 0.15) is 58.8 Å². The number of rotatable bonds is 8. The molecule has 17 heavy (non-hydrogen) atoms. The molecule has 0 aromatic rings. The lowest BCUT2D eigenvalue weighted by Crippen LogP contribution is -2.36. The fourth-order valence-corrected chi connectivity index (χ4v) is 2.41. The van der Waals surface area contributed by atoms with Crippen molar-refractivity contribution in [2.75, 3.05) is 13.2 Å². The quantitative estimate of drug-likeness (QED) is 0.688. The van der Waals surface area contributed by atoms with E-state index < -0.39 is 0 Å². The molecule has 0 saturated heterocycles. The molecule has 2 N–H and O–H groups in total. The number of ether oxygens (including phenoxy) is 1. The van der Waals surface area contributed by atoms with Crippen LogP contribution in [0.25, 0.3) is 0 Å². The number of hydrogen-bond acceptors (Lipinski definition) is 3. The molecule has 3 heteroatoms. The Balaban J connectivity index is 2.01. The van der Waals surface area contributed by atoms with Gasteiger partial charge in [-0.1, -0.05) is 32.6 Å². The molecular formula is C14H29NO2. The van der Waals surface area contributed by atoms with Crippen LogP contribution in [0.2, 0.25) is 0 Å². The molecule has 1 aliphatic carbocycles. The average molecular weight is 243 g/mol. The highest BCUT2D eigenvalue weighted by atomic mass is 16.5. The van der Waals surface area contributed by atoms with Crippen molar-refractivity contribution in [3.63, 3.8) is 0 Å². The SMILES string of the molecule is CCCC(C)NCC(O)COC1CCCCC1. The number of hydrogen-bond donors (Lipinski definition) is 2. The lowest BCUT2D eigenvalue weighted by atomic mass is 9.98. The number of aliphatic hydroxyl groups is 1. The molecule has 2 atom stereocenters. The van der Waals surface area contributed by atoms with Gasteiger partial charge in [-0.2, -0.15) is 0 Å². The third-order valence-electron chi connectivity index (χ3n) is 3.50. The van der Waals surface area contributed by atoms with Gasteiger partial charge in [0.2, 0.25) is 0 Å². The van der Waals surface area contributed by atoms with Crippen molar-refractivity contribution < 1.29 is 9.84 Å². The highest BCUT2D eigenvalue weighted by Gasteiger charge is 2.15. The van der Waals surface area contributed by atoms with Gasteiger partial charge in [-0.05, 0) is 26.2 Å². The Bertz CT molecular complexity index is 181. The predicted octanol–water partition coefficient (Wildman–Crippen LogP) is 2.47. The monoisotopic (exact) mass is 243 g/mol. The smallest absolute Gasteiger partial charge is 0.0897 e. The fraction of sp³-hybridized carbons (Fsp3) is 1.00. The Morgan fingerprint density at radius 1 is 1.29 bits per heavy atom. The summed E-state index contributed by atoms with van der Waals surface area (Å²) >= 11 is 0. The van der Waals surface area contributed by atoms with E-state index in [9.17, 15) is 5.11 Å². The highest BCUT2D eigenvalue weighted by Crippen LogP contribution is 2.20. The van der Waals surface area contributed by atoms with Crippen molar-refractivity contribution >= 4 is 0 Å². The van der Waals surface area contributed by atoms with E-state index in [4.69, 9.17) is 4.74 Å². The van der Waals surface area contributed by atoms with E-state index in [1.165, 1.54) is 38.5 Å². The van der Waals surface area contributed by atoms with Gasteiger partial charge in [-0.15, -0.1) is 0 Å². The first-order valence-corrected chi connectivity index (χ1v) is 7.25. The summed E-state index contributed by atoms with van der Waals surface area (Å²) in [7, 11) is 0. The van der Waals surface area contributed by atoms with Gasteiger partial charge in [-0.25, -0.2) is 0 Å². The Hall–Kier alpha value is -0.120. The molecule has 3 nitrogen and oxygen atoms in total. The molecule has 1 rings (SSSR count). The molecule has 0 radical (unpaired) electrons. The van der Waals surface area contributed by atoms with Crippen LogP contribution < -0.4 is 5.32 Å². The molecule has 0 aromatic carbocycles. The number of nitrogens with one attached hydrogen (secondary N) is 1. The molecule has 1 aliphatic rings. The molecule has 1 fully saturated rings. The third-order valence-corrected chi connectivity index (χ3v) is 3.50. The van der Waals surface area contributed by atoms with E-state index >= 15 is 0 Å². The van der Waals surface area contributed by atoms with Gasteiger partial charge in [0, 0.05) is 12.6 Å². The summed E-state index contributed by atoms with van der Waals surface area (Å²) in [6, 6.07) is 0.490. The van der Waals surface area contributed by atoms with Gasteiger partial charge in [0.05, 0.1) is 18.8 Å². The average Bonchev–Trinajstić information content (AvgIpc) is 2.35. The van der Waals surface area contributed by atoms with Gasteiger partial charge in [0.1, 0.15) is 0 Å². The summed E-state index contributed by atoms with van der Waals surface area (Å²) in [5.74, 6) is 0. The summed E-state index contributed by atoms with van der Waals surface area (Å²) in [6.45, 7) is 5.48. The van der Waals surface area contributed by atoms with E-state index in [1.54, 1.807) is 0 Å². The molecule has 0 amide bonds. The standard InChI is InChI=1S/C14H29NO2/c1-3-7-12(2)15-10-13(16)11-17-14-8-5-4-6-9-14/h12-16H,3-11H2,1-2H3. The maximum absolute atomic E-state index is 9.81. The van der Waals surface area contributed by atoms with Crippen LogP contribution in [0.5, 0.6) is 0 Å². The van der Waals surface area contributed by atoms with Crippen LogP contribution >= 0.6 is 0 Å². The second-order valence-electron chi connectivity index (χ2n) is 5.35. The van der Waals surface area contributed by atoms with Crippen LogP contribution in [0.15, 0.2) is 0 Å². The van der Waals surface area contributed by atoms with Crippen molar-refractivity contribution in [1.82, 2.24) is 5.32 Å². The minimum atomic E-state index is -0.365. The minimum absolute atomic E-state index is 0.365. The van der Waals surface area contributed by atoms with Crippen molar-refractivity contribution in [3.8, 4) is 0 Å². The van der Waals surface area contributed by atoms with E-state index in [0.717, 1.165) is 6.42 Å². The Labute approximate surface area is 106 Å². The first-order valence-electron chi connectivity index (χ1n) is 7.25. The third kappa shape index (κ3) is 7.02. The van der Waals surface area contributed by atoms with Crippen LogP contribution in [0, 0.1) is 0 Å². The van der Waals surface area contributed by atoms with E-state index in [2.05, 4.69) is 19.2 Å². The molecule has 0 aromatic heterocycles. The van der Waals surface area contributed by atoms with Crippen LogP contribution in [0.3, 0.4) is 0 Å². The van der Waals surface area contributed by atoms with Crippen molar-refractivity contribution in [1.29, 1.82) is 0 Å². The summed E-state index contributed by atoms with van der Waals surface area (Å²) in [5.41, 5.74) is 0. The summed E-state index contributed by atoms with van der Waals surface area (Å²) in [5, 5.41) is 13.2. The number of aliphatic hydroxyl groups excluding tert-OH is 1. The Kier molecular flexibility index (Phi) is 7.82. The molecule has 0 heterocycles. The van der Waals surface area contributed by atoms with E-state index in [-0.39, 0.29) is 6.10 Å². The summed E-state index contributed by atoms with van der Waals surface area (Å²) < 4.78 is 5.75. The van der Waals surface area contributed by atoms with Crippen molar-refractivity contribution in [3.05, 3.63) is 0 Å². The van der Waals surface area contributed by atoms with Gasteiger partial charge < -0.3 is 15.2 Å². The van der Waals surface area contributed by atoms with Gasteiger partial charge >= 0.3 is 0 Å². The van der Waals surface area contributed by atoms with Crippen LogP contribution in [-0.4, -0.2) is 36.5 Å². The van der Waals surface area contributed by atoms with Crippen LogP contribution in [0.4, 0.5) is 0 Å². The zero-order chi connectivity index (χ0) is 12.5. The zero-order valence-corrected chi connectivity index (χ0v) is 11.5. The molecule has 2 unspecified atom stereocenters. The molecule has 0 bridgehead atoms. The first-order chi connectivity index (χ1) is 8.22. The van der Waals surface area contributed by atoms with Gasteiger partial charge in [0.25, 0.3) is 0 Å². The Morgan fingerprint density at radius 2 is 2.00 bits per heavy atom. The topological polar surface area (TPSA) is 41.5 Å². The molecule has 102 valence electrons. The van der Waals surface area contributed by atoms with Crippen molar-refractivity contribution in [2.45, 2.75) is 77.0 Å². The van der Waals surface area contributed by atoms with Gasteiger partial charge in [-0.3, -0.25) is 0 Å². The summed E-state index contributed by atoms with van der Waals surface area (Å²) in [6.07, 6.45) is 8.64. The lowest BCUT2D eigenvalue weighted by molar-refractivity contribution is -0.0235. The largest absolute Gasteiger partial charge is 0.389 e. The van der Waals surface area contributed by atoms with E-state index in [1.807, 2.05) is 0 Å². The minimum Gasteiger partial charge on any atom is -0.389 e. The maximum Gasteiger partial charge on any atom is 0.0897 e.